The van der Waals surface area contributed by atoms with Gasteiger partial charge in [0.1, 0.15) is 24.7 Å². The molecular weight excluding hydrogens is 704 g/mol. The number of anilines is 2. The molecule has 54 heavy (non-hydrogen) atoms. The Hall–Kier alpha value is -6.52. The average Bonchev–Trinajstić information content (AvgIpc) is 3.10. The number of hydrogen-bond acceptors (Lipinski definition) is 12. The van der Waals surface area contributed by atoms with Gasteiger partial charge in [0.2, 0.25) is 0 Å². The minimum atomic E-state index is -1.84. The molecular formula is C38H40N4O12. The van der Waals surface area contributed by atoms with Crippen LogP contribution in [0.1, 0.15) is 59.5 Å². The lowest BCUT2D eigenvalue weighted by atomic mass is 10.1. The lowest BCUT2D eigenvalue weighted by Gasteiger charge is -2.22. The van der Waals surface area contributed by atoms with Crippen molar-refractivity contribution >= 4 is 46.1 Å². The number of benzene rings is 4. The van der Waals surface area contributed by atoms with Crippen molar-refractivity contribution in [2.45, 2.75) is 52.7 Å². The number of rotatable bonds is 14. The van der Waals surface area contributed by atoms with Crippen LogP contribution in [-0.2, 0) is 9.59 Å². The van der Waals surface area contributed by atoms with E-state index in [0.717, 1.165) is 0 Å². The van der Waals surface area contributed by atoms with E-state index in [1.807, 2.05) is 0 Å². The van der Waals surface area contributed by atoms with E-state index < -0.39 is 32.9 Å². The molecule has 0 radical (unpaired) electrons. The van der Waals surface area contributed by atoms with E-state index in [1.54, 1.807) is 62.4 Å². The lowest BCUT2D eigenvalue weighted by Crippen LogP contribution is -2.45. The molecule has 0 aromatic heterocycles. The summed E-state index contributed by atoms with van der Waals surface area (Å²) in [4.78, 5) is 67.8. The summed E-state index contributed by atoms with van der Waals surface area (Å²) >= 11 is 0. The van der Waals surface area contributed by atoms with Crippen molar-refractivity contribution in [3.8, 4) is 11.5 Å². The van der Waals surface area contributed by atoms with Crippen LogP contribution in [0.5, 0.6) is 11.5 Å². The van der Waals surface area contributed by atoms with E-state index in [2.05, 4.69) is 10.6 Å². The number of ketones is 2. The molecule has 0 bridgehead atoms. The zero-order valence-corrected chi connectivity index (χ0v) is 30.4. The van der Waals surface area contributed by atoms with Crippen molar-refractivity contribution < 1.29 is 48.7 Å². The Kier molecular flexibility index (Phi) is 13.8. The number of carbonyl (C=O) groups excluding carboxylic acids is 4. The number of nitrogens with zero attached hydrogens (tertiary/aromatic N) is 2. The van der Waals surface area contributed by atoms with Crippen LogP contribution < -0.4 is 20.1 Å². The maximum Gasteiger partial charge on any atom is 0.272 e. The normalized spacial score (nSPS) is 12.7. The molecule has 0 spiro atoms. The van der Waals surface area contributed by atoms with Crippen molar-refractivity contribution in [1.29, 1.82) is 0 Å². The summed E-state index contributed by atoms with van der Waals surface area (Å²) < 4.78 is 10.9. The molecule has 2 atom stereocenters. The predicted molar refractivity (Wildman–Crippen MR) is 198 cm³/mol. The molecule has 2 amide bonds. The third kappa shape index (κ3) is 11.8. The van der Waals surface area contributed by atoms with Gasteiger partial charge in [-0.2, -0.15) is 0 Å². The summed E-state index contributed by atoms with van der Waals surface area (Å²) in [6.07, 6.45) is 0. The van der Waals surface area contributed by atoms with Gasteiger partial charge in [-0.25, -0.2) is 0 Å². The van der Waals surface area contributed by atoms with Crippen LogP contribution in [0, 0.1) is 34.1 Å². The number of aliphatic hydroxyl groups is 2. The summed E-state index contributed by atoms with van der Waals surface area (Å²) in [5.74, 6) is -0.775. The Morgan fingerprint density at radius 2 is 0.926 bits per heavy atom. The molecule has 0 saturated heterocycles. The van der Waals surface area contributed by atoms with Gasteiger partial charge in [0.05, 0.1) is 9.85 Å². The number of amides is 2. The number of nitro benzene ring substituents is 2. The molecule has 4 aromatic rings. The van der Waals surface area contributed by atoms with E-state index in [-0.39, 0.29) is 36.2 Å². The fourth-order valence-electron chi connectivity index (χ4n) is 4.56. The molecule has 0 heterocycles. The minimum absolute atomic E-state index is 0.0582. The molecule has 4 aromatic carbocycles. The Morgan fingerprint density at radius 1 is 0.611 bits per heavy atom. The first-order valence-corrected chi connectivity index (χ1v) is 16.3. The molecule has 0 aliphatic rings. The van der Waals surface area contributed by atoms with E-state index >= 15 is 0 Å². The fourth-order valence-corrected chi connectivity index (χ4v) is 4.56. The number of hydrogen-bond donors (Lipinski definition) is 4. The van der Waals surface area contributed by atoms with Crippen LogP contribution in [0.3, 0.4) is 0 Å². The molecule has 0 aliphatic heterocycles. The Labute approximate surface area is 310 Å². The number of aryl methyl sites for hydroxylation is 2. The molecule has 16 nitrogen and oxygen atoms in total. The number of nitro groups is 2. The van der Waals surface area contributed by atoms with Gasteiger partial charge in [-0.1, -0.05) is 0 Å². The summed E-state index contributed by atoms with van der Waals surface area (Å²) in [5.41, 5.74) is -1.30. The van der Waals surface area contributed by atoms with Crippen LogP contribution in [0.2, 0.25) is 0 Å². The second kappa shape index (κ2) is 17.8. The lowest BCUT2D eigenvalue weighted by molar-refractivity contribution is -0.385. The van der Waals surface area contributed by atoms with Crippen molar-refractivity contribution in [1.82, 2.24) is 0 Å². The standard InChI is InChI=1S/2C19H20N2O6/c2*1-12-10-15(6-9-17(12)21(25)26)20-18(23)19(3,24)11-27-16-7-4-14(5-8-16)13(2)22/h2*4-10,24H,11H2,1-3H3,(H,20,23). The predicted octanol–water partition coefficient (Wildman–Crippen LogP) is 5.75. The third-order valence-corrected chi connectivity index (χ3v) is 7.84. The first-order chi connectivity index (χ1) is 25.2. The molecule has 0 saturated carbocycles. The first kappa shape index (κ1) is 41.9. The molecule has 0 aliphatic carbocycles. The van der Waals surface area contributed by atoms with Gasteiger partial charge in [0, 0.05) is 45.8 Å². The summed E-state index contributed by atoms with van der Waals surface area (Å²) in [6.45, 7) is 7.97. The topological polar surface area (TPSA) is 238 Å². The van der Waals surface area contributed by atoms with Crippen molar-refractivity contribution in [3.05, 3.63) is 127 Å². The summed E-state index contributed by atoms with van der Waals surface area (Å²) in [6, 6.07) is 20.9. The van der Waals surface area contributed by atoms with Gasteiger partial charge in [-0.15, -0.1) is 0 Å². The number of carbonyl (C=O) groups is 4. The molecule has 0 fully saturated rings. The van der Waals surface area contributed by atoms with E-state index in [9.17, 15) is 49.6 Å². The molecule has 2 unspecified atom stereocenters. The Bertz CT molecular complexity index is 1900. The first-order valence-electron chi connectivity index (χ1n) is 16.3. The Morgan fingerprint density at radius 3 is 1.19 bits per heavy atom. The third-order valence-electron chi connectivity index (χ3n) is 7.84. The molecule has 4 rings (SSSR count). The van der Waals surface area contributed by atoms with Crippen molar-refractivity contribution in [3.63, 3.8) is 0 Å². The quantitative estimate of drug-likeness (QED) is 0.0686. The average molecular weight is 745 g/mol. The van der Waals surface area contributed by atoms with Gasteiger partial charge in [-0.05, 0) is 114 Å². The number of ether oxygens (including phenoxy) is 2. The highest BCUT2D eigenvalue weighted by molar-refractivity contribution is 5.98. The van der Waals surface area contributed by atoms with E-state index in [1.165, 1.54) is 64.1 Å². The maximum absolute atomic E-state index is 12.3. The monoisotopic (exact) mass is 744 g/mol. The van der Waals surface area contributed by atoms with Crippen molar-refractivity contribution in [2.24, 2.45) is 0 Å². The van der Waals surface area contributed by atoms with Crippen LogP contribution in [0.25, 0.3) is 0 Å². The second-order valence-electron chi connectivity index (χ2n) is 12.7. The highest BCUT2D eigenvalue weighted by Gasteiger charge is 2.33. The van der Waals surface area contributed by atoms with Crippen molar-refractivity contribution in [2.75, 3.05) is 23.8 Å². The highest BCUT2D eigenvalue weighted by atomic mass is 16.6. The van der Waals surface area contributed by atoms with Crippen LogP contribution in [0.15, 0.2) is 84.9 Å². The fraction of sp³-hybridized carbons (Fsp3) is 0.263. The number of nitrogens with one attached hydrogen (secondary N) is 2. The van der Waals surface area contributed by atoms with E-state index in [0.29, 0.717) is 45.1 Å². The molecule has 16 heteroatoms. The van der Waals surface area contributed by atoms with Gasteiger partial charge in [0.15, 0.2) is 22.8 Å². The minimum Gasteiger partial charge on any atom is -0.490 e. The molecule has 284 valence electrons. The summed E-state index contributed by atoms with van der Waals surface area (Å²) in [5, 5.41) is 47.4. The van der Waals surface area contributed by atoms with E-state index in [4.69, 9.17) is 9.47 Å². The smallest absolute Gasteiger partial charge is 0.272 e. The molecule has 4 N–H and O–H groups in total. The van der Waals surface area contributed by atoms with Gasteiger partial charge >= 0.3 is 0 Å². The zero-order chi connectivity index (χ0) is 40.4. The largest absolute Gasteiger partial charge is 0.490 e. The van der Waals surface area contributed by atoms with Gasteiger partial charge in [0.25, 0.3) is 23.2 Å². The van der Waals surface area contributed by atoms with Crippen LogP contribution >= 0.6 is 0 Å². The number of Topliss-reactive ketones (excluding diaryl/α,β-unsaturated/α-hetero) is 2. The van der Waals surface area contributed by atoms with Crippen LogP contribution in [-0.4, -0.2) is 67.9 Å². The van der Waals surface area contributed by atoms with Gasteiger partial charge < -0.3 is 30.3 Å². The Balaban J connectivity index is 0.000000290. The SMILES string of the molecule is CC(=O)c1ccc(OCC(C)(O)C(=O)Nc2ccc([N+](=O)[O-])c(C)c2)cc1.CC(=O)c1ccc(OCC(C)(O)C(=O)Nc2ccc([N+](=O)[O-])c(C)c2)cc1. The second-order valence-corrected chi connectivity index (χ2v) is 12.7. The maximum atomic E-state index is 12.3. The van der Waals surface area contributed by atoms with Gasteiger partial charge in [-0.3, -0.25) is 39.4 Å². The highest BCUT2D eigenvalue weighted by Crippen LogP contribution is 2.24. The zero-order valence-electron chi connectivity index (χ0n) is 30.4. The summed E-state index contributed by atoms with van der Waals surface area (Å²) in [7, 11) is 0. The van der Waals surface area contributed by atoms with Crippen LogP contribution in [0.4, 0.5) is 22.7 Å².